The van der Waals surface area contributed by atoms with Crippen LogP contribution in [0, 0.1) is 5.92 Å². The smallest absolute Gasteiger partial charge is 0.217 e. The van der Waals surface area contributed by atoms with E-state index in [-0.39, 0.29) is 31.5 Å². The molecule has 108 valence electrons. The predicted octanol–water partition coefficient (Wildman–Crippen LogP) is -2.37. The number of hydrogen-bond acceptors (Lipinski definition) is 6. The zero-order valence-electron chi connectivity index (χ0n) is 10.0. The minimum atomic E-state index is -1.08. The van der Waals surface area contributed by atoms with Crippen molar-refractivity contribution >= 4 is 18.3 Å². The third-order valence-electron chi connectivity index (χ3n) is 2.97. The molecule has 0 aromatic heterocycles. The van der Waals surface area contributed by atoms with Crippen LogP contribution in [0.3, 0.4) is 0 Å². The molecular weight excluding hydrogens is 266 g/mol. The van der Waals surface area contributed by atoms with E-state index >= 15 is 0 Å². The predicted molar refractivity (Wildman–Crippen MR) is 64.3 cm³/mol. The van der Waals surface area contributed by atoms with Crippen LogP contribution in [0.1, 0.15) is 6.92 Å². The number of amides is 1. The number of carbonyl (C=O) groups excluding carboxylic acids is 1. The minimum Gasteiger partial charge on any atom is -0.396 e. The van der Waals surface area contributed by atoms with E-state index in [9.17, 15) is 9.90 Å². The zero-order chi connectivity index (χ0) is 13.0. The number of ether oxygens (including phenoxy) is 1. The average molecular weight is 286 g/mol. The van der Waals surface area contributed by atoms with E-state index in [1.54, 1.807) is 0 Å². The molecule has 0 saturated carbocycles. The van der Waals surface area contributed by atoms with E-state index < -0.39 is 36.9 Å². The van der Waals surface area contributed by atoms with Crippen molar-refractivity contribution in [1.82, 2.24) is 5.32 Å². The second kappa shape index (κ2) is 7.88. The molecular formula is C10H20ClNO6. The maximum Gasteiger partial charge on any atom is 0.217 e. The summed E-state index contributed by atoms with van der Waals surface area (Å²) < 4.78 is 5.34. The van der Waals surface area contributed by atoms with Gasteiger partial charge in [0.15, 0.2) is 0 Å². The van der Waals surface area contributed by atoms with Crippen molar-refractivity contribution in [2.75, 3.05) is 19.8 Å². The average Bonchev–Trinajstić information content (AvgIpc) is 2.30. The molecule has 1 rings (SSSR count). The number of halogens is 1. The summed E-state index contributed by atoms with van der Waals surface area (Å²) >= 11 is 0. The lowest BCUT2D eigenvalue weighted by molar-refractivity contribution is -0.186. The van der Waals surface area contributed by atoms with Gasteiger partial charge >= 0.3 is 0 Å². The van der Waals surface area contributed by atoms with Gasteiger partial charge in [0.1, 0.15) is 6.10 Å². The van der Waals surface area contributed by atoms with Crippen LogP contribution in [0.5, 0.6) is 0 Å². The molecule has 5 N–H and O–H groups in total. The van der Waals surface area contributed by atoms with Gasteiger partial charge in [0.2, 0.25) is 5.91 Å². The summed E-state index contributed by atoms with van der Waals surface area (Å²) in [5, 5.41) is 39.8. The Morgan fingerprint density at radius 3 is 2.11 bits per heavy atom. The largest absolute Gasteiger partial charge is 0.396 e. The normalized spacial score (nSPS) is 35.7. The van der Waals surface area contributed by atoms with Gasteiger partial charge in [-0.1, -0.05) is 0 Å². The number of aliphatic hydroxyl groups excluding tert-OH is 4. The highest BCUT2D eigenvalue weighted by Gasteiger charge is 2.44. The summed E-state index contributed by atoms with van der Waals surface area (Å²) in [6, 6.07) is -0.794. The van der Waals surface area contributed by atoms with Gasteiger partial charge in [0.25, 0.3) is 0 Å². The molecule has 0 radical (unpaired) electrons. The van der Waals surface area contributed by atoms with Gasteiger partial charge < -0.3 is 30.5 Å². The standard InChI is InChI=1S/C10H19NO6.ClH/c1-5(15)11-9-8(4-14)17-7(3-13)6(2-12)10(9)16;/h6-10,12-14,16H,2-4H2,1H3,(H,11,15);1H/t6-,7-,8+,9+,10+;/m1./s1. The number of rotatable bonds is 4. The molecule has 1 fully saturated rings. The Bertz CT molecular complexity index is 267. The molecule has 8 heteroatoms. The van der Waals surface area contributed by atoms with Gasteiger partial charge in [-0.25, -0.2) is 0 Å². The Morgan fingerprint density at radius 2 is 1.72 bits per heavy atom. The summed E-state index contributed by atoms with van der Waals surface area (Å²) in [5.74, 6) is -1.06. The highest BCUT2D eigenvalue weighted by Crippen LogP contribution is 2.25. The molecule has 0 unspecified atom stereocenters. The molecule has 1 amide bonds. The van der Waals surface area contributed by atoms with Gasteiger partial charge in [-0.15, -0.1) is 12.4 Å². The van der Waals surface area contributed by atoms with Gasteiger partial charge in [-0.2, -0.15) is 0 Å². The molecule has 0 aromatic carbocycles. The van der Waals surface area contributed by atoms with Crippen molar-refractivity contribution in [3.05, 3.63) is 0 Å². The molecule has 1 saturated heterocycles. The topological polar surface area (TPSA) is 119 Å². The van der Waals surface area contributed by atoms with Gasteiger partial charge in [-0.05, 0) is 0 Å². The van der Waals surface area contributed by atoms with E-state index in [4.69, 9.17) is 20.1 Å². The maximum atomic E-state index is 11.0. The molecule has 1 aliphatic heterocycles. The first kappa shape index (κ1) is 17.6. The molecule has 0 aliphatic carbocycles. The summed E-state index contributed by atoms with van der Waals surface area (Å²) in [6.45, 7) is 0.149. The first-order valence-corrected chi connectivity index (χ1v) is 5.48. The number of carbonyl (C=O) groups is 1. The number of hydrogen-bond donors (Lipinski definition) is 5. The second-order valence-corrected chi connectivity index (χ2v) is 4.14. The third-order valence-corrected chi connectivity index (χ3v) is 2.97. The third kappa shape index (κ3) is 3.78. The highest BCUT2D eigenvalue weighted by atomic mass is 35.5. The SMILES string of the molecule is CC(=O)N[C@@H]1[C@@H](O)[C@H](CO)[C@@H](CO)O[C@H]1CO.Cl. The van der Waals surface area contributed by atoms with Gasteiger partial charge in [-0.3, -0.25) is 4.79 Å². The molecule has 1 aliphatic rings. The Morgan fingerprint density at radius 1 is 1.17 bits per heavy atom. The summed E-state index contributed by atoms with van der Waals surface area (Å²) in [5.41, 5.74) is 0. The van der Waals surface area contributed by atoms with Crippen LogP contribution in [-0.4, -0.2) is 70.5 Å². The summed E-state index contributed by atoms with van der Waals surface area (Å²) in [7, 11) is 0. The number of aliphatic hydroxyl groups is 4. The second-order valence-electron chi connectivity index (χ2n) is 4.14. The van der Waals surface area contributed by atoms with Crippen LogP contribution in [0.2, 0.25) is 0 Å². The zero-order valence-corrected chi connectivity index (χ0v) is 10.8. The quantitative estimate of drug-likeness (QED) is 0.394. The monoisotopic (exact) mass is 285 g/mol. The fourth-order valence-electron chi connectivity index (χ4n) is 2.09. The van der Waals surface area contributed by atoms with Crippen molar-refractivity contribution in [3.8, 4) is 0 Å². The van der Waals surface area contributed by atoms with E-state index in [1.165, 1.54) is 6.92 Å². The van der Waals surface area contributed by atoms with E-state index in [0.717, 1.165) is 0 Å². The van der Waals surface area contributed by atoms with Crippen molar-refractivity contribution in [2.45, 2.75) is 31.3 Å². The van der Waals surface area contributed by atoms with Crippen molar-refractivity contribution < 1.29 is 30.0 Å². The van der Waals surface area contributed by atoms with E-state index in [2.05, 4.69) is 5.32 Å². The molecule has 7 nitrogen and oxygen atoms in total. The molecule has 5 atom stereocenters. The van der Waals surface area contributed by atoms with Crippen molar-refractivity contribution in [1.29, 1.82) is 0 Å². The molecule has 0 aromatic rings. The molecule has 1 heterocycles. The van der Waals surface area contributed by atoms with Gasteiger partial charge in [0, 0.05) is 12.8 Å². The first-order valence-electron chi connectivity index (χ1n) is 5.48. The van der Waals surface area contributed by atoms with Crippen LogP contribution in [-0.2, 0) is 9.53 Å². The van der Waals surface area contributed by atoms with Crippen LogP contribution in [0.15, 0.2) is 0 Å². The highest BCUT2D eigenvalue weighted by molar-refractivity contribution is 5.85. The molecule has 0 bridgehead atoms. The minimum absolute atomic E-state index is 0. The Labute approximate surface area is 111 Å². The van der Waals surface area contributed by atoms with E-state index in [1.807, 2.05) is 0 Å². The van der Waals surface area contributed by atoms with Crippen LogP contribution in [0.4, 0.5) is 0 Å². The number of nitrogens with one attached hydrogen (secondary N) is 1. The van der Waals surface area contributed by atoms with Crippen LogP contribution < -0.4 is 5.32 Å². The fraction of sp³-hybridized carbons (Fsp3) is 0.900. The fourth-order valence-corrected chi connectivity index (χ4v) is 2.09. The summed E-state index contributed by atoms with van der Waals surface area (Å²) in [4.78, 5) is 11.0. The maximum absolute atomic E-state index is 11.0. The van der Waals surface area contributed by atoms with Gasteiger partial charge in [0.05, 0.1) is 38.1 Å². The lowest BCUT2D eigenvalue weighted by atomic mass is 9.86. The van der Waals surface area contributed by atoms with Crippen molar-refractivity contribution in [3.63, 3.8) is 0 Å². The lowest BCUT2D eigenvalue weighted by Crippen LogP contribution is -2.63. The Kier molecular flexibility index (Phi) is 7.69. The Hall–Kier alpha value is -0.440. The van der Waals surface area contributed by atoms with Crippen molar-refractivity contribution in [2.24, 2.45) is 5.92 Å². The van der Waals surface area contributed by atoms with Crippen LogP contribution >= 0.6 is 12.4 Å². The Balaban J connectivity index is 0.00000289. The molecule has 18 heavy (non-hydrogen) atoms. The molecule has 0 spiro atoms. The lowest BCUT2D eigenvalue weighted by Gasteiger charge is -2.43. The first-order chi connectivity index (χ1) is 8.04. The summed E-state index contributed by atoms with van der Waals surface area (Å²) in [6.07, 6.45) is -2.63. The van der Waals surface area contributed by atoms with Crippen LogP contribution in [0.25, 0.3) is 0 Å². The van der Waals surface area contributed by atoms with E-state index in [0.29, 0.717) is 0 Å².